The minimum Gasteiger partial charge on any atom is -0.373 e. The molecule has 0 radical (unpaired) electrons. The van der Waals surface area contributed by atoms with E-state index in [1.165, 1.54) is 4.90 Å². The minimum absolute atomic E-state index is 0. The molecule has 1 heterocycles. The van der Waals surface area contributed by atoms with Crippen molar-refractivity contribution in [2.45, 2.75) is 51.3 Å². The number of nitrogens with two attached hydrogens (primary N) is 1. The number of benzene rings is 1. The molecule has 0 bridgehead atoms. The molecule has 0 saturated carbocycles. The summed E-state index contributed by atoms with van der Waals surface area (Å²) in [6.07, 6.45) is -0.310. The number of ether oxygens (including phenoxy) is 1. The zero-order valence-electron chi connectivity index (χ0n) is 16.6. The lowest BCUT2D eigenvalue weighted by molar-refractivity contribution is -0.148. The van der Waals surface area contributed by atoms with E-state index in [4.69, 9.17) is 10.5 Å². The van der Waals surface area contributed by atoms with Crippen molar-refractivity contribution in [1.82, 2.24) is 10.2 Å². The lowest BCUT2D eigenvalue weighted by Gasteiger charge is -2.36. The third-order valence-corrected chi connectivity index (χ3v) is 4.33. The van der Waals surface area contributed by atoms with Gasteiger partial charge in [0.15, 0.2) is 11.6 Å². The van der Waals surface area contributed by atoms with Gasteiger partial charge in [-0.1, -0.05) is 0 Å². The number of piperazine rings is 1. The van der Waals surface area contributed by atoms with Crippen LogP contribution in [0, 0.1) is 17.5 Å². The fourth-order valence-electron chi connectivity index (χ4n) is 2.92. The maximum atomic E-state index is 13.8. The summed E-state index contributed by atoms with van der Waals surface area (Å²) in [5.74, 6) is -4.08. The van der Waals surface area contributed by atoms with Crippen LogP contribution in [-0.4, -0.2) is 54.1 Å². The summed E-state index contributed by atoms with van der Waals surface area (Å²) in [5.41, 5.74) is 5.34. The van der Waals surface area contributed by atoms with Gasteiger partial charge in [-0.25, -0.2) is 13.2 Å². The average Bonchev–Trinajstić information content (AvgIpc) is 2.57. The molecule has 6 nitrogen and oxygen atoms in total. The first-order valence-electron chi connectivity index (χ1n) is 9.08. The first-order chi connectivity index (χ1) is 13.0. The summed E-state index contributed by atoms with van der Waals surface area (Å²) < 4.78 is 45.8. The SMILES string of the molecule is CC(C)(C)OC[C@H]1C(=O)NCCN1C(=O)C[C@H](N)Cc1cc(F)c(F)cc1F.Cl. The maximum absolute atomic E-state index is 13.8. The highest BCUT2D eigenvalue weighted by Crippen LogP contribution is 2.17. The lowest BCUT2D eigenvalue weighted by atomic mass is 10.0. The molecule has 2 atom stereocenters. The number of rotatable bonds is 6. The van der Waals surface area contributed by atoms with Crippen LogP contribution >= 0.6 is 12.4 Å². The Hall–Kier alpha value is -1.84. The molecule has 1 aromatic rings. The van der Waals surface area contributed by atoms with Crippen LogP contribution < -0.4 is 11.1 Å². The summed E-state index contributed by atoms with van der Waals surface area (Å²) in [6, 6.07) is -0.411. The van der Waals surface area contributed by atoms with Crippen molar-refractivity contribution >= 4 is 24.2 Å². The zero-order valence-corrected chi connectivity index (χ0v) is 17.5. The third-order valence-electron chi connectivity index (χ3n) is 4.33. The van der Waals surface area contributed by atoms with E-state index in [1.54, 1.807) is 0 Å². The first-order valence-corrected chi connectivity index (χ1v) is 9.08. The average molecular weight is 438 g/mol. The van der Waals surface area contributed by atoms with Gasteiger partial charge in [-0.3, -0.25) is 9.59 Å². The largest absolute Gasteiger partial charge is 0.373 e. The van der Waals surface area contributed by atoms with Crippen LogP contribution in [0.25, 0.3) is 0 Å². The van der Waals surface area contributed by atoms with Gasteiger partial charge in [0.2, 0.25) is 11.8 Å². The Morgan fingerprint density at radius 1 is 1.28 bits per heavy atom. The summed E-state index contributed by atoms with van der Waals surface area (Å²) in [7, 11) is 0. The Bertz CT molecular complexity index is 743. The molecule has 1 saturated heterocycles. The number of carbonyl (C=O) groups excluding carboxylic acids is 2. The minimum atomic E-state index is -1.29. The molecule has 1 aromatic carbocycles. The van der Waals surface area contributed by atoms with Crippen molar-refractivity contribution < 1.29 is 27.5 Å². The molecule has 0 aromatic heterocycles. The molecule has 1 aliphatic heterocycles. The number of hydrogen-bond acceptors (Lipinski definition) is 4. The van der Waals surface area contributed by atoms with Crippen LogP contribution in [0.1, 0.15) is 32.8 Å². The van der Waals surface area contributed by atoms with Crippen molar-refractivity contribution in [3.05, 3.63) is 35.1 Å². The van der Waals surface area contributed by atoms with Gasteiger partial charge < -0.3 is 20.7 Å². The highest BCUT2D eigenvalue weighted by Gasteiger charge is 2.34. The van der Waals surface area contributed by atoms with E-state index in [1.807, 2.05) is 20.8 Å². The third kappa shape index (κ3) is 7.17. The molecule has 1 aliphatic rings. The van der Waals surface area contributed by atoms with Gasteiger partial charge in [0.25, 0.3) is 0 Å². The van der Waals surface area contributed by atoms with Crippen molar-refractivity contribution in [2.75, 3.05) is 19.7 Å². The number of carbonyl (C=O) groups is 2. The van der Waals surface area contributed by atoms with Crippen molar-refractivity contribution in [3.63, 3.8) is 0 Å². The Morgan fingerprint density at radius 3 is 2.52 bits per heavy atom. The molecule has 1 fully saturated rings. The highest BCUT2D eigenvalue weighted by molar-refractivity contribution is 5.89. The fourth-order valence-corrected chi connectivity index (χ4v) is 2.92. The van der Waals surface area contributed by atoms with Crippen LogP contribution in [-0.2, 0) is 20.7 Å². The van der Waals surface area contributed by atoms with E-state index in [2.05, 4.69) is 5.32 Å². The molecular formula is C19H27ClF3N3O3. The summed E-state index contributed by atoms with van der Waals surface area (Å²) in [6.45, 7) is 6.16. The lowest BCUT2D eigenvalue weighted by Crippen LogP contribution is -2.60. The number of nitrogens with one attached hydrogen (secondary N) is 1. The second-order valence-electron chi connectivity index (χ2n) is 7.84. The van der Waals surface area contributed by atoms with E-state index in [9.17, 15) is 22.8 Å². The van der Waals surface area contributed by atoms with Gasteiger partial charge in [0, 0.05) is 31.6 Å². The van der Waals surface area contributed by atoms with Crippen LogP contribution in [0.15, 0.2) is 12.1 Å². The molecular weight excluding hydrogens is 411 g/mol. The van der Waals surface area contributed by atoms with E-state index in [0.29, 0.717) is 19.2 Å². The molecule has 2 amide bonds. The van der Waals surface area contributed by atoms with Crippen LogP contribution in [0.5, 0.6) is 0 Å². The molecule has 10 heteroatoms. The van der Waals surface area contributed by atoms with E-state index >= 15 is 0 Å². The topological polar surface area (TPSA) is 84.7 Å². The Kier molecular flexibility index (Phi) is 8.92. The van der Waals surface area contributed by atoms with Crippen molar-refractivity contribution in [2.24, 2.45) is 5.73 Å². The van der Waals surface area contributed by atoms with Gasteiger partial charge >= 0.3 is 0 Å². The maximum Gasteiger partial charge on any atom is 0.245 e. The van der Waals surface area contributed by atoms with E-state index in [-0.39, 0.29) is 49.2 Å². The van der Waals surface area contributed by atoms with Crippen LogP contribution in [0.2, 0.25) is 0 Å². The summed E-state index contributed by atoms with van der Waals surface area (Å²) >= 11 is 0. The Labute approximate surface area is 174 Å². The molecule has 0 spiro atoms. The first kappa shape index (κ1) is 25.2. The second kappa shape index (κ2) is 10.3. The zero-order chi connectivity index (χ0) is 21.1. The highest BCUT2D eigenvalue weighted by atomic mass is 35.5. The van der Waals surface area contributed by atoms with Gasteiger partial charge in [-0.05, 0) is 38.8 Å². The van der Waals surface area contributed by atoms with Crippen molar-refractivity contribution in [3.8, 4) is 0 Å². The smallest absolute Gasteiger partial charge is 0.245 e. The number of hydrogen-bond donors (Lipinski definition) is 2. The monoisotopic (exact) mass is 437 g/mol. The standard InChI is InChI=1S/C19H26F3N3O3.ClH/c1-19(2,3)28-10-16-18(27)24-4-5-25(16)17(26)8-12(23)6-11-7-14(21)15(22)9-13(11)20;/h7,9,12,16H,4-6,8,10,23H2,1-3H3,(H,24,27);1H/t12-,16+;/m1./s1. The molecule has 3 N–H and O–H groups in total. The molecule has 0 unspecified atom stereocenters. The molecule has 2 rings (SSSR count). The van der Waals surface area contributed by atoms with E-state index in [0.717, 1.165) is 6.07 Å². The Balaban J connectivity index is 0.00000420. The molecule has 164 valence electrons. The van der Waals surface area contributed by atoms with Crippen molar-refractivity contribution in [1.29, 1.82) is 0 Å². The van der Waals surface area contributed by atoms with Gasteiger partial charge in [0.05, 0.1) is 12.2 Å². The summed E-state index contributed by atoms with van der Waals surface area (Å²) in [4.78, 5) is 26.2. The van der Waals surface area contributed by atoms with Gasteiger partial charge in [-0.2, -0.15) is 0 Å². The predicted octanol–water partition coefficient (Wildman–Crippen LogP) is 1.93. The molecule has 29 heavy (non-hydrogen) atoms. The van der Waals surface area contributed by atoms with Crippen LogP contribution in [0.3, 0.4) is 0 Å². The number of amides is 2. The van der Waals surface area contributed by atoms with Gasteiger partial charge in [0.1, 0.15) is 11.9 Å². The summed E-state index contributed by atoms with van der Waals surface area (Å²) in [5, 5.41) is 2.69. The Morgan fingerprint density at radius 2 is 1.90 bits per heavy atom. The van der Waals surface area contributed by atoms with Crippen LogP contribution in [0.4, 0.5) is 13.2 Å². The fraction of sp³-hybridized carbons (Fsp3) is 0.579. The molecule has 0 aliphatic carbocycles. The predicted molar refractivity (Wildman–Crippen MR) is 104 cm³/mol. The normalized spacial score (nSPS) is 18.1. The van der Waals surface area contributed by atoms with E-state index < -0.39 is 35.1 Å². The number of nitrogens with zero attached hydrogens (tertiary/aromatic N) is 1. The number of halogens is 4. The second-order valence-corrected chi connectivity index (χ2v) is 7.84. The quantitative estimate of drug-likeness (QED) is 0.666. The van der Waals surface area contributed by atoms with Gasteiger partial charge in [-0.15, -0.1) is 12.4 Å².